The van der Waals surface area contributed by atoms with Crippen molar-refractivity contribution in [2.45, 2.75) is 19.4 Å². The molecule has 1 saturated heterocycles. The van der Waals surface area contributed by atoms with E-state index < -0.39 is 0 Å². The maximum absolute atomic E-state index is 14.9. The average molecular weight is 495 g/mol. The van der Waals surface area contributed by atoms with Gasteiger partial charge < -0.3 is 29.7 Å². The van der Waals surface area contributed by atoms with Crippen LogP contribution in [0.1, 0.15) is 17.7 Å². The van der Waals surface area contributed by atoms with E-state index >= 15 is 0 Å². The number of aromatic nitrogens is 3. The zero-order chi connectivity index (χ0) is 24.5. The van der Waals surface area contributed by atoms with Crippen LogP contribution in [0.5, 0.6) is 17.4 Å². The first-order valence-corrected chi connectivity index (χ1v) is 12.2. The number of carbonyl (C=O) groups is 1. The summed E-state index contributed by atoms with van der Waals surface area (Å²) in [6.45, 7) is 4.95. The molecule has 11 heteroatoms. The zero-order valence-corrected chi connectivity index (χ0v) is 19.8. The second-order valence-corrected chi connectivity index (χ2v) is 9.26. The highest BCUT2D eigenvalue weighted by Crippen LogP contribution is 2.39. The lowest BCUT2D eigenvalue weighted by Gasteiger charge is -2.22. The molecule has 10 nitrogen and oxygen atoms in total. The average Bonchev–Trinajstić information content (AvgIpc) is 3.35. The van der Waals surface area contributed by atoms with Gasteiger partial charge in [-0.1, -0.05) is 0 Å². The third-order valence-corrected chi connectivity index (χ3v) is 6.77. The van der Waals surface area contributed by atoms with E-state index in [0.29, 0.717) is 60.9 Å². The molecule has 0 radical (unpaired) electrons. The molecule has 1 fully saturated rings. The molecule has 36 heavy (non-hydrogen) atoms. The topological polar surface area (TPSA) is 111 Å². The molecule has 3 aliphatic heterocycles. The molecule has 0 aliphatic carbocycles. The number of halogens is 1. The van der Waals surface area contributed by atoms with Crippen molar-refractivity contribution in [3.63, 3.8) is 0 Å². The lowest BCUT2D eigenvalue weighted by molar-refractivity contribution is -0.118. The molecule has 1 amide bonds. The molecule has 3 aliphatic rings. The monoisotopic (exact) mass is 494 g/mol. The summed E-state index contributed by atoms with van der Waals surface area (Å²) in [6, 6.07) is 3.69. The van der Waals surface area contributed by atoms with E-state index in [-0.39, 0.29) is 18.3 Å². The van der Waals surface area contributed by atoms with Gasteiger partial charge in [0.15, 0.2) is 23.9 Å². The number of nitrogens with one attached hydrogen (secondary N) is 2. The number of hydrogen-bond acceptors (Lipinski definition) is 9. The Kier molecular flexibility index (Phi) is 6.24. The Morgan fingerprint density at radius 1 is 1.17 bits per heavy atom. The van der Waals surface area contributed by atoms with Crippen LogP contribution in [0.4, 0.5) is 10.2 Å². The number of hydrogen-bond donors (Lipinski definition) is 2. The van der Waals surface area contributed by atoms with E-state index in [9.17, 15) is 9.18 Å². The zero-order valence-electron chi connectivity index (χ0n) is 19.8. The Balaban J connectivity index is 1.04. The van der Waals surface area contributed by atoms with Crippen molar-refractivity contribution in [3.8, 4) is 17.4 Å². The fraction of sp³-hybridized carbons (Fsp3) is 0.440. The summed E-state index contributed by atoms with van der Waals surface area (Å²) in [7, 11) is 0. The molecule has 1 atom stereocenters. The second-order valence-electron chi connectivity index (χ2n) is 9.26. The predicted molar refractivity (Wildman–Crippen MR) is 129 cm³/mol. The third kappa shape index (κ3) is 4.63. The van der Waals surface area contributed by atoms with Crippen LogP contribution in [-0.4, -0.2) is 71.8 Å². The van der Waals surface area contributed by atoms with Gasteiger partial charge >= 0.3 is 0 Å². The Labute approximate surface area is 207 Å². The number of ether oxygens (including phenoxy) is 3. The number of amides is 1. The Morgan fingerprint density at radius 3 is 3.03 bits per heavy atom. The number of carbonyl (C=O) groups excluding carboxylic acids is 1. The normalized spacial score (nSPS) is 19.1. The van der Waals surface area contributed by atoms with E-state index in [2.05, 4.69) is 30.5 Å². The van der Waals surface area contributed by atoms with Gasteiger partial charge in [0.1, 0.15) is 19.0 Å². The van der Waals surface area contributed by atoms with Crippen LogP contribution in [0.15, 0.2) is 24.5 Å². The van der Waals surface area contributed by atoms with E-state index in [1.807, 2.05) is 12.1 Å². The molecule has 0 saturated carbocycles. The maximum Gasteiger partial charge on any atom is 0.263 e. The molecule has 1 aromatic carbocycles. The van der Waals surface area contributed by atoms with Crippen molar-refractivity contribution in [1.29, 1.82) is 0 Å². The van der Waals surface area contributed by atoms with Crippen LogP contribution in [0, 0.1) is 11.7 Å². The maximum atomic E-state index is 14.9. The van der Waals surface area contributed by atoms with Gasteiger partial charge in [-0.2, -0.15) is 0 Å². The van der Waals surface area contributed by atoms with Crippen LogP contribution >= 0.6 is 0 Å². The minimum atomic E-state index is -0.310. The highest BCUT2D eigenvalue weighted by atomic mass is 19.1. The van der Waals surface area contributed by atoms with Crippen molar-refractivity contribution < 1.29 is 23.4 Å². The summed E-state index contributed by atoms with van der Waals surface area (Å²) in [6.07, 6.45) is 4.60. The lowest BCUT2D eigenvalue weighted by Crippen LogP contribution is -2.29. The predicted octanol–water partition coefficient (Wildman–Crippen LogP) is 1.92. The van der Waals surface area contributed by atoms with Gasteiger partial charge in [0, 0.05) is 25.2 Å². The highest BCUT2D eigenvalue weighted by molar-refractivity contribution is 5.93. The summed E-state index contributed by atoms with van der Waals surface area (Å²) in [5.74, 6) is 1.91. The number of anilines is 1. The first-order valence-electron chi connectivity index (χ1n) is 12.2. The van der Waals surface area contributed by atoms with Gasteiger partial charge in [-0.15, -0.1) is 0 Å². The number of pyridine rings is 1. The second kappa shape index (κ2) is 9.82. The van der Waals surface area contributed by atoms with Gasteiger partial charge in [-0.25, -0.2) is 14.4 Å². The molecule has 2 aromatic heterocycles. The van der Waals surface area contributed by atoms with Crippen LogP contribution in [0.2, 0.25) is 0 Å². The third-order valence-electron chi connectivity index (χ3n) is 6.77. The van der Waals surface area contributed by atoms with Gasteiger partial charge in [0.2, 0.25) is 0 Å². The number of benzene rings is 1. The minimum absolute atomic E-state index is 0.0358. The smallest absolute Gasteiger partial charge is 0.263 e. The Bertz CT molecular complexity index is 1310. The largest absolute Gasteiger partial charge is 0.486 e. The molecule has 0 spiro atoms. The van der Waals surface area contributed by atoms with Crippen LogP contribution in [0.25, 0.3) is 10.9 Å². The molecule has 5 heterocycles. The fourth-order valence-corrected chi connectivity index (χ4v) is 5.02. The minimum Gasteiger partial charge on any atom is -0.486 e. The number of fused-ring (bicyclic) bond motifs is 4. The van der Waals surface area contributed by atoms with Crippen molar-refractivity contribution in [3.05, 3.63) is 41.6 Å². The van der Waals surface area contributed by atoms with Gasteiger partial charge in [-0.3, -0.25) is 9.78 Å². The quantitative estimate of drug-likeness (QED) is 0.509. The van der Waals surface area contributed by atoms with E-state index in [4.69, 9.17) is 14.2 Å². The van der Waals surface area contributed by atoms with Gasteiger partial charge in [0.25, 0.3) is 11.8 Å². The van der Waals surface area contributed by atoms with Crippen molar-refractivity contribution in [2.75, 3.05) is 51.3 Å². The van der Waals surface area contributed by atoms with Crippen LogP contribution in [0.3, 0.4) is 0 Å². The van der Waals surface area contributed by atoms with E-state index in [0.717, 1.165) is 49.2 Å². The summed E-state index contributed by atoms with van der Waals surface area (Å²) in [5.41, 5.74) is 2.09. The molecular formula is C25H27FN6O4. The standard InChI is InChI=1S/C25H27FN6O4/c26-18-12-28-19-1-2-20-23(35-8-7-34-20)22(19)17(18)4-6-32-5-3-15(13-32)9-27-10-16-11-29-25-24(30-16)31-21(33)14-36-25/h1-2,11-12,15,27H,3-10,13-14H2,(H,30,31,33)/t15-/m0/s1. The molecular weight excluding hydrogens is 467 g/mol. The molecule has 0 bridgehead atoms. The van der Waals surface area contributed by atoms with Gasteiger partial charge in [0.05, 0.1) is 29.0 Å². The molecule has 188 valence electrons. The number of nitrogens with zero attached hydrogens (tertiary/aromatic N) is 4. The Hall–Kier alpha value is -3.57. The van der Waals surface area contributed by atoms with Crippen molar-refractivity contribution >= 4 is 22.6 Å². The summed E-state index contributed by atoms with van der Waals surface area (Å²) in [4.78, 5) is 26.8. The summed E-state index contributed by atoms with van der Waals surface area (Å²) in [5, 5.41) is 6.84. The van der Waals surface area contributed by atoms with Crippen LogP contribution < -0.4 is 24.8 Å². The fourth-order valence-electron chi connectivity index (χ4n) is 5.02. The molecule has 0 unspecified atom stereocenters. The van der Waals surface area contributed by atoms with Gasteiger partial charge in [-0.05, 0) is 44.0 Å². The summed E-state index contributed by atoms with van der Waals surface area (Å²) >= 11 is 0. The molecule has 6 rings (SSSR count). The first kappa shape index (κ1) is 22.9. The summed E-state index contributed by atoms with van der Waals surface area (Å²) < 4.78 is 31.7. The SMILES string of the molecule is O=C1COc2ncc(CNC[C@@H]3CCN(CCc4c(F)cnc5ccc6c(c45)OCCO6)C3)nc2N1. The van der Waals surface area contributed by atoms with Crippen molar-refractivity contribution in [2.24, 2.45) is 5.92 Å². The van der Waals surface area contributed by atoms with Crippen LogP contribution in [-0.2, 0) is 17.8 Å². The molecule has 2 N–H and O–H groups in total. The lowest BCUT2D eigenvalue weighted by atomic mass is 10.0. The number of rotatable bonds is 7. The Morgan fingerprint density at radius 2 is 2.08 bits per heavy atom. The first-order chi connectivity index (χ1) is 17.6. The number of likely N-dealkylation sites (tertiary alicyclic amines) is 1. The van der Waals surface area contributed by atoms with E-state index in [1.165, 1.54) is 6.20 Å². The van der Waals surface area contributed by atoms with Crippen molar-refractivity contribution in [1.82, 2.24) is 25.2 Å². The highest BCUT2D eigenvalue weighted by Gasteiger charge is 2.25. The molecule has 3 aromatic rings. The van der Waals surface area contributed by atoms with E-state index in [1.54, 1.807) is 6.20 Å².